The third-order valence-corrected chi connectivity index (χ3v) is 22.8. The third-order valence-electron chi connectivity index (χ3n) is 22.8. The minimum atomic E-state index is -0.800. The SMILES string of the molecule is COc1cc2c(cc1O)C1=C[C@H]3C[C@]4(CC[C@]5(C4)N[C@H]4[C@@H](CCC[C@@H]4O)[C@@H]4CCc6ccc(O)cc6-c6cc7[nH]ccc7n6[C@H]45)[C@@H]4C[C@H](O)CC[C@@H]4[C@@H]3[C@H]2CC(=O)C[C@@H](CCc2ccc(O)c(OCCO)c2)OC(=O)CC#CCc2c1[nH]c1ccccc21. The van der Waals surface area contributed by atoms with Gasteiger partial charge in [-0.2, -0.15) is 0 Å². The van der Waals surface area contributed by atoms with Crippen molar-refractivity contribution < 1.29 is 54.4 Å². The molecule has 5 fully saturated rings. The number of carbonyl (C=O) groups is 2. The van der Waals surface area contributed by atoms with Gasteiger partial charge in [0.25, 0.3) is 0 Å². The summed E-state index contributed by atoms with van der Waals surface area (Å²) in [5.74, 6) is 6.69. The smallest absolute Gasteiger partial charge is 0.318 e. The van der Waals surface area contributed by atoms with E-state index >= 15 is 4.79 Å². The molecule has 7 aromatic rings. The van der Waals surface area contributed by atoms with Crippen molar-refractivity contribution in [2.45, 2.75) is 157 Å². The van der Waals surface area contributed by atoms with E-state index in [0.29, 0.717) is 37.9 Å². The van der Waals surface area contributed by atoms with Crippen molar-refractivity contribution in [2.24, 2.45) is 40.9 Å². The number of aromatic hydroxyl groups is 3. The molecule has 4 saturated carbocycles. The number of para-hydroxylation sites is 1. The second-order valence-electron chi connectivity index (χ2n) is 27.4. The van der Waals surface area contributed by atoms with Crippen LogP contribution in [0.4, 0.5) is 0 Å². The minimum absolute atomic E-state index is 0.00241. The van der Waals surface area contributed by atoms with Crippen LogP contribution in [0.1, 0.15) is 142 Å². The fourth-order valence-corrected chi connectivity index (χ4v) is 19.5. The largest absolute Gasteiger partial charge is 0.508 e. The first-order chi connectivity index (χ1) is 42.8. The number of nitrogens with one attached hydrogen (secondary N) is 3. The maximum atomic E-state index is 15.6. The van der Waals surface area contributed by atoms with E-state index in [9.17, 15) is 35.4 Å². The molecule has 14 atom stereocenters. The number of allylic oxidation sites excluding steroid dienone is 1. The number of aromatic nitrogens is 3. The van der Waals surface area contributed by atoms with Crippen LogP contribution in [0, 0.1) is 52.8 Å². The Bertz CT molecular complexity index is 3980. The van der Waals surface area contributed by atoms with Crippen molar-refractivity contribution >= 4 is 39.3 Å². The number of rotatable bonds is 7. The van der Waals surface area contributed by atoms with Gasteiger partial charge in [0.1, 0.15) is 30.7 Å². The van der Waals surface area contributed by atoms with Crippen LogP contribution in [0.15, 0.2) is 97.2 Å². The molecule has 6 heterocycles. The van der Waals surface area contributed by atoms with Gasteiger partial charge in [-0.25, -0.2) is 0 Å². The number of phenolic OH excluding ortho intramolecular Hbond substituents is 3. The number of piperidine rings is 1. The number of aromatic amines is 2. The number of hydrogen-bond acceptors (Lipinski definition) is 12. The molecule has 88 heavy (non-hydrogen) atoms. The van der Waals surface area contributed by atoms with E-state index in [2.05, 4.69) is 68.1 Å². The zero-order valence-electron chi connectivity index (χ0n) is 50.0. The lowest BCUT2D eigenvalue weighted by atomic mass is 9.47. The lowest BCUT2D eigenvalue weighted by Crippen LogP contribution is -2.68. The van der Waals surface area contributed by atoms with Crippen molar-refractivity contribution in [3.05, 3.63) is 131 Å². The van der Waals surface area contributed by atoms with E-state index in [4.69, 9.17) is 14.2 Å². The molecule has 8 aliphatic rings. The molecule has 0 unspecified atom stereocenters. The van der Waals surface area contributed by atoms with E-state index in [1.165, 1.54) is 5.56 Å². The second-order valence-corrected chi connectivity index (χ2v) is 27.4. The number of aryl methyl sites for hydroxylation is 2. The highest BCUT2D eigenvalue weighted by atomic mass is 16.5. The number of aliphatic hydroxyl groups excluding tert-OH is 3. The fourth-order valence-electron chi connectivity index (χ4n) is 19.5. The van der Waals surface area contributed by atoms with Gasteiger partial charge >= 0.3 is 5.97 Å². The normalized spacial score (nSPS) is 31.7. The van der Waals surface area contributed by atoms with E-state index in [-0.39, 0.29) is 120 Å². The summed E-state index contributed by atoms with van der Waals surface area (Å²) < 4.78 is 20.5. The van der Waals surface area contributed by atoms with E-state index in [0.717, 1.165) is 131 Å². The van der Waals surface area contributed by atoms with Gasteiger partial charge in [0, 0.05) is 59.1 Å². The zero-order chi connectivity index (χ0) is 60.2. The monoisotopic (exact) mass is 1190 g/mol. The first-order valence-electron chi connectivity index (χ1n) is 32.4. The number of ether oxygens (including phenoxy) is 3. The van der Waals surface area contributed by atoms with Crippen molar-refractivity contribution in [2.75, 3.05) is 20.3 Å². The molecule has 5 aliphatic carbocycles. The van der Waals surface area contributed by atoms with Gasteiger partial charge in [0.05, 0.1) is 54.4 Å². The molecule has 3 aromatic heterocycles. The van der Waals surface area contributed by atoms with Crippen LogP contribution in [0.5, 0.6) is 28.7 Å². The number of phenols is 3. The quantitative estimate of drug-likeness (QED) is 0.0536. The average Bonchev–Trinajstić information content (AvgIpc) is 1.48. The maximum Gasteiger partial charge on any atom is 0.318 e. The molecule has 4 aromatic carbocycles. The van der Waals surface area contributed by atoms with Crippen molar-refractivity contribution in [1.82, 2.24) is 19.9 Å². The zero-order valence-corrected chi connectivity index (χ0v) is 50.0. The molecule has 3 aliphatic heterocycles. The number of cyclic esters (lactones) is 1. The molecule has 0 radical (unpaired) electrons. The average molecular weight is 1190 g/mol. The van der Waals surface area contributed by atoms with Gasteiger partial charge in [0.15, 0.2) is 23.0 Å². The number of H-pyrrole nitrogens is 2. The highest BCUT2D eigenvalue weighted by Gasteiger charge is 2.66. The van der Waals surface area contributed by atoms with Crippen LogP contribution in [0.25, 0.3) is 38.8 Å². The van der Waals surface area contributed by atoms with Crippen LogP contribution in [0.3, 0.4) is 0 Å². The standard InChI is InChI=1S/C73H80N4O11/c1-86-65-36-54-53(35-64(65)84)56-30-42-38-72(24-25-73(39-72)71-50(49-9-6-11-63(83)70(49)76-73)20-16-41-15-17-43(79)32-52(41)61-37-59-60(77(61)71)23-26-74-59)57-34-44(80)18-21-51(57)68(42)55(54)33-45(81)31-46(19-13-40-14-22-62(82)66(29-40)87-28-27-78)88-67(85)12-5-3-8-48-47-7-2-4-10-58(47)75-69(48)56/h2,4,7,10,14-15,17,22-23,26,29-30,32,35-37,42,44,46,49-51,55,57,63,68,70-71,74-76,78-80,82-84H,6,8-9,11-13,16,18-21,24-25,27-28,31,33-34,38-39H2,1H3/t42-,44+,46+,49-,50-,51-,55-,57+,63-,68+,70-,71+,72-,73+/m0/s1. The number of benzene rings is 4. The van der Waals surface area contributed by atoms with Crippen LogP contribution in [-0.4, -0.2) is 107 Å². The summed E-state index contributed by atoms with van der Waals surface area (Å²) in [7, 11) is 1.56. The molecule has 15 nitrogen and oxygen atoms in total. The summed E-state index contributed by atoms with van der Waals surface area (Å²) in [6.45, 7) is -0.214. The summed E-state index contributed by atoms with van der Waals surface area (Å²) in [6, 6.07) is 27.3. The highest BCUT2D eigenvalue weighted by Crippen LogP contribution is 2.70. The molecule has 2 spiro atoms. The Morgan fingerprint density at radius 3 is 2.58 bits per heavy atom. The van der Waals surface area contributed by atoms with Gasteiger partial charge in [-0.05, 0) is 213 Å². The van der Waals surface area contributed by atoms with Crippen LogP contribution >= 0.6 is 0 Å². The molecule has 2 bridgehead atoms. The molecule has 15 heteroatoms. The number of Topliss-reactive ketones (excluding diaryl/α,β-unsaturated/α-hetero) is 1. The van der Waals surface area contributed by atoms with E-state index in [1.54, 1.807) is 25.3 Å². The number of esters is 1. The van der Waals surface area contributed by atoms with Gasteiger partial charge < -0.3 is 64.7 Å². The first-order valence-corrected chi connectivity index (χ1v) is 32.4. The van der Waals surface area contributed by atoms with Crippen molar-refractivity contribution in [3.8, 4) is 51.8 Å². The Morgan fingerprint density at radius 2 is 1.70 bits per heavy atom. The summed E-state index contributed by atoms with van der Waals surface area (Å²) in [6.07, 6.45) is 13.7. The van der Waals surface area contributed by atoms with Gasteiger partial charge in [-0.15, -0.1) is 0 Å². The number of ketones is 1. The number of methoxy groups -OCH3 is 1. The Labute approximate surface area is 512 Å². The Balaban J connectivity index is 0.890. The topological polar surface area (TPSA) is 232 Å². The summed E-state index contributed by atoms with van der Waals surface area (Å²) >= 11 is 0. The lowest BCUT2D eigenvalue weighted by molar-refractivity contribution is -0.149. The van der Waals surface area contributed by atoms with Crippen LogP contribution in [-0.2, 0) is 33.6 Å². The summed E-state index contributed by atoms with van der Waals surface area (Å²) in [5, 5.41) is 73.3. The summed E-state index contributed by atoms with van der Waals surface area (Å²) in [4.78, 5) is 37.0. The van der Waals surface area contributed by atoms with Crippen LogP contribution < -0.4 is 14.8 Å². The molecular formula is C73H80N4O11. The lowest BCUT2D eigenvalue weighted by Gasteiger charge is -2.60. The molecule has 9 N–H and O–H groups in total. The number of carbonyl (C=O) groups excluding carboxylic acids is 2. The summed E-state index contributed by atoms with van der Waals surface area (Å²) in [5.41, 5.74) is 11.0. The maximum absolute atomic E-state index is 15.6. The van der Waals surface area contributed by atoms with E-state index in [1.807, 2.05) is 42.6 Å². The van der Waals surface area contributed by atoms with E-state index < -0.39 is 29.8 Å². The number of nitrogens with zero attached hydrogens (tertiary/aromatic N) is 1. The third kappa shape index (κ3) is 9.70. The Morgan fingerprint density at radius 1 is 0.830 bits per heavy atom. The number of aliphatic hydroxyl groups is 3. The fraction of sp³-hybridized carbons (Fsp3) is 0.479. The second kappa shape index (κ2) is 22.5. The number of hydrogen-bond donors (Lipinski definition) is 9. The molecular weight excluding hydrogens is 1110 g/mol. The predicted octanol–water partition coefficient (Wildman–Crippen LogP) is 11.2. The molecule has 458 valence electrons. The van der Waals surface area contributed by atoms with Crippen LogP contribution in [0.2, 0.25) is 0 Å². The molecule has 1 saturated heterocycles. The number of fused-ring (bicyclic) bond motifs is 19. The molecule has 15 rings (SSSR count). The Hall–Kier alpha value is -7.48. The predicted molar refractivity (Wildman–Crippen MR) is 334 cm³/mol. The minimum Gasteiger partial charge on any atom is -0.508 e. The highest BCUT2D eigenvalue weighted by molar-refractivity contribution is 5.95. The molecule has 0 amide bonds. The first kappa shape index (κ1) is 57.0. The Kier molecular flexibility index (Phi) is 14.6. The van der Waals surface area contributed by atoms with Gasteiger partial charge in [-0.1, -0.05) is 54.7 Å². The van der Waals surface area contributed by atoms with Crippen molar-refractivity contribution in [1.29, 1.82) is 0 Å². The van der Waals surface area contributed by atoms with Crippen molar-refractivity contribution in [3.63, 3.8) is 0 Å². The van der Waals surface area contributed by atoms with Gasteiger partial charge in [-0.3, -0.25) is 9.59 Å². The van der Waals surface area contributed by atoms with Gasteiger partial charge in [0.2, 0.25) is 0 Å².